The molecule has 1 aliphatic heterocycles. The lowest BCUT2D eigenvalue weighted by atomic mass is 9.95. The van der Waals surface area contributed by atoms with Gasteiger partial charge in [0.25, 0.3) is 5.91 Å². The average molecular weight is 637 g/mol. The molecule has 2 amide bonds. The number of amides is 2. The zero-order chi connectivity index (χ0) is 33.9. The fourth-order valence-corrected chi connectivity index (χ4v) is 5.10. The summed E-state index contributed by atoms with van der Waals surface area (Å²) in [6, 6.07) is 4.79. The molecule has 1 saturated heterocycles. The molecule has 2 aromatic heterocycles. The van der Waals surface area contributed by atoms with Gasteiger partial charge < -0.3 is 15.5 Å². The molecule has 250 valence electrons. The molecule has 1 fully saturated rings. The van der Waals surface area contributed by atoms with Gasteiger partial charge in [-0.15, -0.1) is 0 Å². The molecule has 45 heavy (non-hydrogen) atoms. The molecule has 3 heterocycles. The molecule has 2 N–H and O–H groups in total. The number of hydrogen-bond donors (Lipinski definition) is 1. The van der Waals surface area contributed by atoms with Crippen LogP contribution in [0.25, 0.3) is 16.9 Å². The number of benzene rings is 1. The first-order chi connectivity index (χ1) is 21.3. The molecular formula is C33H48F4N6O2. The van der Waals surface area contributed by atoms with Gasteiger partial charge in [0.15, 0.2) is 5.65 Å². The van der Waals surface area contributed by atoms with Crippen LogP contribution in [0, 0.1) is 11.7 Å². The highest BCUT2D eigenvalue weighted by molar-refractivity contribution is 5.93. The fraction of sp³-hybridized carbons (Fsp3) is 0.576. The molecule has 12 heteroatoms. The van der Waals surface area contributed by atoms with Crippen molar-refractivity contribution in [3.63, 3.8) is 0 Å². The Morgan fingerprint density at radius 3 is 2.27 bits per heavy atom. The van der Waals surface area contributed by atoms with E-state index in [4.69, 9.17) is 5.73 Å². The summed E-state index contributed by atoms with van der Waals surface area (Å²) in [4.78, 5) is 33.5. The van der Waals surface area contributed by atoms with E-state index in [9.17, 15) is 27.2 Å². The van der Waals surface area contributed by atoms with Crippen molar-refractivity contribution in [3.8, 4) is 11.3 Å². The van der Waals surface area contributed by atoms with E-state index in [1.54, 1.807) is 4.90 Å². The first-order valence-electron chi connectivity index (χ1n) is 15.9. The number of imidazole rings is 1. The number of piperazine rings is 1. The van der Waals surface area contributed by atoms with E-state index in [2.05, 4.69) is 37.8 Å². The SMILES string of the molecule is CC.CCC.CCCCC(C)CC(N)C(=O)N1CCN(C(=O)c2cn3nc(-c4ccc(F)cc4)cc(C(F)(F)F)c3n2)CC1C. The zero-order valence-corrected chi connectivity index (χ0v) is 27.5. The van der Waals surface area contributed by atoms with Crippen LogP contribution in [0.15, 0.2) is 36.5 Å². The van der Waals surface area contributed by atoms with Crippen LogP contribution in [0.1, 0.15) is 96.6 Å². The molecule has 3 unspecified atom stereocenters. The molecule has 1 aliphatic rings. The molecule has 0 aliphatic carbocycles. The minimum absolute atomic E-state index is 0.0441. The second-order valence-corrected chi connectivity index (χ2v) is 11.3. The predicted molar refractivity (Wildman–Crippen MR) is 169 cm³/mol. The maximum atomic E-state index is 13.9. The number of alkyl halides is 3. The second kappa shape index (κ2) is 17.2. The van der Waals surface area contributed by atoms with E-state index >= 15 is 0 Å². The highest BCUT2D eigenvalue weighted by Crippen LogP contribution is 2.34. The van der Waals surface area contributed by atoms with E-state index in [-0.39, 0.29) is 48.5 Å². The van der Waals surface area contributed by atoms with E-state index in [0.29, 0.717) is 12.3 Å². The van der Waals surface area contributed by atoms with Gasteiger partial charge in [-0.25, -0.2) is 13.9 Å². The summed E-state index contributed by atoms with van der Waals surface area (Å²) >= 11 is 0. The lowest BCUT2D eigenvalue weighted by molar-refractivity contribution is -0.137. The third-order valence-corrected chi connectivity index (χ3v) is 7.31. The summed E-state index contributed by atoms with van der Waals surface area (Å²) in [5, 5.41) is 4.20. The first kappa shape index (κ1) is 37.6. The number of aromatic nitrogens is 3. The van der Waals surface area contributed by atoms with Gasteiger partial charge >= 0.3 is 6.18 Å². The van der Waals surface area contributed by atoms with Crippen molar-refractivity contribution >= 4 is 17.5 Å². The minimum atomic E-state index is -4.77. The van der Waals surface area contributed by atoms with Gasteiger partial charge in [-0.2, -0.15) is 18.3 Å². The number of nitrogens with two attached hydrogens (primary N) is 1. The van der Waals surface area contributed by atoms with Crippen molar-refractivity contribution in [3.05, 3.63) is 53.6 Å². The Morgan fingerprint density at radius 2 is 1.71 bits per heavy atom. The van der Waals surface area contributed by atoms with Crippen molar-refractivity contribution in [1.82, 2.24) is 24.4 Å². The summed E-state index contributed by atoms with van der Waals surface area (Å²) in [6.07, 6.45) is 1.39. The smallest absolute Gasteiger partial charge is 0.335 e. The number of hydrogen-bond acceptors (Lipinski definition) is 5. The summed E-state index contributed by atoms with van der Waals surface area (Å²) in [7, 11) is 0. The maximum Gasteiger partial charge on any atom is 0.420 e. The standard InChI is InChI=1S/C28H34F4N6O2.C3H8.C2H6/c1-4-5-6-17(2)13-22(33)26(39)37-12-11-36(15-18(37)3)27(40)24-16-38-25(34-24)21(28(30,31)32)14-23(35-38)19-7-9-20(29)10-8-19;1-3-2;1-2/h7-10,14,16-18,22H,4-6,11-13,15,33H2,1-3H3;3H2,1-2H3;1-2H3. The summed E-state index contributed by atoms with van der Waals surface area (Å²) < 4.78 is 56.1. The van der Waals surface area contributed by atoms with Crippen LogP contribution in [0.5, 0.6) is 0 Å². The Bertz CT molecular complexity index is 1380. The number of rotatable bonds is 8. The van der Waals surface area contributed by atoms with Gasteiger partial charge in [0.05, 0.1) is 17.9 Å². The molecular weight excluding hydrogens is 588 g/mol. The molecule has 0 saturated carbocycles. The monoisotopic (exact) mass is 636 g/mol. The third kappa shape index (κ3) is 9.97. The van der Waals surface area contributed by atoms with Crippen molar-refractivity contribution in [2.24, 2.45) is 11.7 Å². The van der Waals surface area contributed by atoms with Crippen LogP contribution in [0.2, 0.25) is 0 Å². The van der Waals surface area contributed by atoms with Gasteiger partial charge in [0, 0.05) is 31.2 Å². The average Bonchev–Trinajstić information content (AvgIpc) is 3.44. The Labute approximate surface area is 264 Å². The third-order valence-electron chi connectivity index (χ3n) is 7.31. The van der Waals surface area contributed by atoms with Crippen LogP contribution in [0.4, 0.5) is 17.6 Å². The molecule has 0 spiro atoms. The fourth-order valence-electron chi connectivity index (χ4n) is 5.10. The molecule has 3 atom stereocenters. The van der Waals surface area contributed by atoms with Crippen LogP contribution in [0.3, 0.4) is 0 Å². The van der Waals surface area contributed by atoms with Crippen molar-refractivity contribution < 1.29 is 27.2 Å². The number of halogens is 4. The molecule has 8 nitrogen and oxygen atoms in total. The normalized spacial score (nSPS) is 16.3. The molecule has 1 aromatic carbocycles. The quantitative estimate of drug-likeness (QED) is 0.264. The lowest BCUT2D eigenvalue weighted by Gasteiger charge is -2.40. The van der Waals surface area contributed by atoms with Crippen LogP contribution in [-0.4, -0.2) is 67.9 Å². The number of carbonyl (C=O) groups is 2. The molecule has 4 rings (SSSR count). The van der Waals surface area contributed by atoms with Gasteiger partial charge in [-0.05, 0) is 49.6 Å². The Kier molecular flexibility index (Phi) is 14.4. The van der Waals surface area contributed by atoms with E-state index in [1.165, 1.54) is 23.5 Å². The minimum Gasteiger partial charge on any atom is -0.335 e. The second-order valence-electron chi connectivity index (χ2n) is 11.3. The predicted octanol–water partition coefficient (Wildman–Crippen LogP) is 7.21. The largest absolute Gasteiger partial charge is 0.420 e. The maximum absolute atomic E-state index is 13.9. The van der Waals surface area contributed by atoms with E-state index in [0.717, 1.165) is 48.2 Å². The van der Waals surface area contributed by atoms with Crippen LogP contribution < -0.4 is 5.73 Å². The van der Waals surface area contributed by atoms with Gasteiger partial charge in [0.1, 0.15) is 17.1 Å². The Balaban J connectivity index is 0.00000133. The van der Waals surface area contributed by atoms with Crippen LogP contribution >= 0.6 is 0 Å². The van der Waals surface area contributed by atoms with Crippen molar-refractivity contribution in [1.29, 1.82) is 0 Å². The highest BCUT2D eigenvalue weighted by Gasteiger charge is 2.37. The number of unbranched alkanes of at least 4 members (excludes halogenated alkanes) is 1. The zero-order valence-electron chi connectivity index (χ0n) is 27.5. The summed E-state index contributed by atoms with van der Waals surface area (Å²) in [5.74, 6) is -0.928. The van der Waals surface area contributed by atoms with Crippen molar-refractivity contribution in [2.45, 2.75) is 98.8 Å². The van der Waals surface area contributed by atoms with E-state index in [1.807, 2.05) is 20.8 Å². The molecule has 0 radical (unpaired) electrons. The van der Waals surface area contributed by atoms with Gasteiger partial charge in [0.2, 0.25) is 5.91 Å². The Hall–Kier alpha value is -3.54. The highest BCUT2D eigenvalue weighted by atomic mass is 19.4. The Morgan fingerprint density at radius 1 is 1.09 bits per heavy atom. The molecule has 3 aromatic rings. The number of fused-ring (bicyclic) bond motifs is 1. The van der Waals surface area contributed by atoms with Gasteiger partial charge in [-0.3, -0.25) is 9.59 Å². The summed E-state index contributed by atoms with van der Waals surface area (Å²) in [5.41, 5.74) is 4.69. The number of nitrogens with zero attached hydrogens (tertiary/aromatic N) is 5. The van der Waals surface area contributed by atoms with Crippen LogP contribution in [-0.2, 0) is 11.0 Å². The molecule has 0 bridgehead atoms. The van der Waals surface area contributed by atoms with E-state index < -0.39 is 35.2 Å². The van der Waals surface area contributed by atoms with Crippen molar-refractivity contribution in [2.75, 3.05) is 19.6 Å². The first-order valence-corrected chi connectivity index (χ1v) is 15.9. The number of carbonyl (C=O) groups excluding carboxylic acids is 2. The topological polar surface area (TPSA) is 96.8 Å². The van der Waals surface area contributed by atoms with Gasteiger partial charge in [-0.1, -0.05) is 67.2 Å². The summed E-state index contributed by atoms with van der Waals surface area (Å²) in [6.45, 7) is 14.9. The lowest BCUT2D eigenvalue weighted by Crippen LogP contribution is -2.58.